The summed E-state index contributed by atoms with van der Waals surface area (Å²) in [4.78, 5) is 2.47. The van der Waals surface area contributed by atoms with E-state index >= 15 is 0 Å². The maximum absolute atomic E-state index is 5.66. The van der Waals surface area contributed by atoms with Crippen LogP contribution >= 0.6 is 0 Å². The standard InChI is InChI=1S/C15H24N2O2/c1-18-14-4-7-17(8-5-14)11-15-12(6-9-19-15)10-16-13-2-3-13/h6,9,13-14,16H,2-5,7-8,10-11H2,1H3. The van der Waals surface area contributed by atoms with Crippen molar-refractivity contribution < 1.29 is 9.15 Å². The number of nitrogens with one attached hydrogen (secondary N) is 1. The Morgan fingerprint density at radius 3 is 2.79 bits per heavy atom. The van der Waals surface area contributed by atoms with Gasteiger partial charge >= 0.3 is 0 Å². The zero-order valence-corrected chi connectivity index (χ0v) is 11.7. The van der Waals surface area contributed by atoms with Crippen molar-refractivity contribution in [1.82, 2.24) is 10.2 Å². The highest BCUT2D eigenvalue weighted by Crippen LogP contribution is 2.22. The smallest absolute Gasteiger partial charge is 0.122 e. The predicted octanol–water partition coefficient (Wildman–Crippen LogP) is 2.14. The lowest BCUT2D eigenvalue weighted by Gasteiger charge is -2.30. The third kappa shape index (κ3) is 3.59. The van der Waals surface area contributed by atoms with Crippen molar-refractivity contribution in [3.8, 4) is 0 Å². The third-order valence-electron chi connectivity index (χ3n) is 4.23. The Kier molecular flexibility index (Phi) is 4.21. The molecular weight excluding hydrogens is 240 g/mol. The van der Waals surface area contributed by atoms with Crippen molar-refractivity contribution in [2.24, 2.45) is 0 Å². The first-order valence-electron chi connectivity index (χ1n) is 7.39. The van der Waals surface area contributed by atoms with Gasteiger partial charge in [0.05, 0.1) is 18.9 Å². The zero-order valence-electron chi connectivity index (χ0n) is 11.7. The van der Waals surface area contributed by atoms with Gasteiger partial charge in [0.15, 0.2) is 0 Å². The SMILES string of the molecule is COC1CCN(Cc2occc2CNC2CC2)CC1. The molecule has 0 amide bonds. The predicted molar refractivity (Wildman–Crippen MR) is 73.9 cm³/mol. The van der Waals surface area contributed by atoms with Gasteiger partial charge in [-0.3, -0.25) is 4.90 Å². The van der Waals surface area contributed by atoms with E-state index in [0.717, 1.165) is 50.8 Å². The van der Waals surface area contributed by atoms with E-state index in [9.17, 15) is 0 Å². The van der Waals surface area contributed by atoms with Crippen molar-refractivity contribution in [2.75, 3.05) is 20.2 Å². The van der Waals surface area contributed by atoms with E-state index in [1.54, 1.807) is 0 Å². The Labute approximate surface area is 115 Å². The Hall–Kier alpha value is -0.840. The van der Waals surface area contributed by atoms with Crippen LogP contribution in [0.2, 0.25) is 0 Å². The zero-order chi connectivity index (χ0) is 13.1. The average molecular weight is 264 g/mol. The quantitative estimate of drug-likeness (QED) is 0.854. The van der Waals surface area contributed by atoms with Gasteiger partial charge in [0.2, 0.25) is 0 Å². The number of methoxy groups -OCH3 is 1. The first-order valence-corrected chi connectivity index (χ1v) is 7.39. The van der Waals surface area contributed by atoms with Crippen LogP contribution in [0, 0.1) is 0 Å². The van der Waals surface area contributed by atoms with Gasteiger partial charge in [0.1, 0.15) is 5.76 Å². The molecule has 0 radical (unpaired) electrons. The Morgan fingerprint density at radius 1 is 1.32 bits per heavy atom. The number of furan rings is 1. The van der Waals surface area contributed by atoms with E-state index in [1.165, 1.54) is 18.4 Å². The van der Waals surface area contributed by atoms with E-state index in [0.29, 0.717) is 6.10 Å². The van der Waals surface area contributed by atoms with Crippen LogP contribution in [0.1, 0.15) is 37.0 Å². The molecule has 2 fully saturated rings. The van der Waals surface area contributed by atoms with Crippen molar-refractivity contribution in [2.45, 2.75) is 50.9 Å². The van der Waals surface area contributed by atoms with Gasteiger partial charge in [-0.15, -0.1) is 0 Å². The van der Waals surface area contributed by atoms with Crippen LogP contribution in [0.25, 0.3) is 0 Å². The normalized spacial score (nSPS) is 21.9. The number of hydrogen-bond acceptors (Lipinski definition) is 4. The van der Waals surface area contributed by atoms with Crippen LogP contribution in [-0.2, 0) is 17.8 Å². The van der Waals surface area contributed by atoms with E-state index in [1.807, 2.05) is 13.4 Å². The summed E-state index contributed by atoms with van der Waals surface area (Å²) in [5.74, 6) is 1.13. The number of rotatable bonds is 6. The molecule has 3 rings (SSSR count). The number of nitrogens with zero attached hydrogens (tertiary/aromatic N) is 1. The molecule has 19 heavy (non-hydrogen) atoms. The summed E-state index contributed by atoms with van der Waals surface area (Å²) < 4.78 is 11.1. The molecule has 1 saturated heterocycles. The van der Waals surface area contributed by atoms with Gasteiger partial charge in [-0.1, -0.05) is 0 Å². The fourth-order valence-corrected chi connectivity index (χ4v) is 2.71. The molecule has 1 saturated carbocycles. The van der Waals surface area contributed by atoms with E-state index in [2.05, 4.69) is 16.3 Å². The maximum Gasteiger partial charge on any atom is 0.122 e. The Bertz CT molecular complexity index is 393. The summed E-state index contributed by atoms with van der Waals surface area (Å²) in [6.07, 6.45) is 7.19. The molecule has 4 nitrogen and oxygen atoms in total. The first-order chi connectivity index (χ1) is 9.35. The van der Waals surface area contributed by atoms with Crippen LogP contribution < -0.4 is 5.32 Å². The number of likely N-dealkylation sites (tertiary alicyclic amines) is 1. The van der Waals surface area contributed by atoms with Crippen molar-refractivity contribution in [3.63, 3.8) is 0 Å². The molecule has 1 aliphatic carbocycles. The van der Waals surface area contributed by atoms with Crippen molar-refractivity contribution in [1.29, 1.82) is 0 Å². The van der Waals surface area contributed by atoms with Gasteiger partial charge < -0.3 is 14.5 Å². The molecule has 2 aliphatic rings. The van der Waals surface area contributed by atoms with E-state index < -0.39 is 0 Å². The summed E-state index contributed by atoms with van der Waals surface area (Å²) in [6.45, 7) is 4.10. The molecule has 4 heteroatoms. The Balaban J connectivity index is 1.50. The van der Waals surface area contributed by atoms with Gasteiger partial charge in [0, 0.05) is 38.3 Å². The second kappa shape index (κ2) is 6.07. The average Bonchev–Trinajstić information content (AvgIpc) is 3.18. The minimum atomic E-state index is 0.448. The number of hydrogen-bond donors (Lipinski definition) is 1. The highest BCUT2D eigenvalue weighted by Gasteiger charge is 2.23. The van der Waals surface area contributed by atoms with Gasteiger partial charge in [0.25, 0.3) is 0 Å². The summed E-state index contributed by atoms with van der Waals surface area (Å²) in [5, 5.41) is 3.55. The van der Waals surface area contributed by atoms with Gasteiger partial charge in [-0.25, -0.2) is 0 Å². The molecule has 0 aromatic carbocycles. The lowest BCUT2D eigenvalue weighted by molar-refractivity contribution is 0.0369. The van der Waals surface area contributed by atoms with Crippen LogP contribution in [-0.4, -0.2) is 37.2 Å². The molecule has 1 aliphatic heterocycles. The lowest BCUT2D eigenvalue weighted by atomic mass is 10.1. The molecule has 106 valence electrons. The van der Waals surface area contributed by atoms with E-state index in [4.69, 9.17) is 9.15 Å². The second-order valence-electron chi connectivity index (χ2n) is 5.74. The highest BCUT2D eigenvalue weighted by atomic mass is 16.5. The summed E-state index contributed by atoms with van der Waals surface area (Å²) >= 11 is 0. The molecule has 1 N–H and O–H groups in total. The third-order valence-corrected chi connectivity index (χ3v) is 4.23. The topological polar surface area (TPSA) is 37.6 Å². The van der Waals surface area contributed by atoms with Gasteiger partial charge in [-0.05, 0) is 31.7 Å². The Morgan fingerprint density at radius 2 is 2.11 bits per heavy atom. The molecule has 0 unspecified atom stereocenters. The number of piperidine rings is 1. The van der Waals surface area contributed by atoms with Crippen LogP contribution in [0.4, 0.5) is 0 Å². The van der Waals surface area contributed by atoms with Crippen molar-refractivity contribution in [3.05, 3.63) is 23.7 Å². The minimum absolute atomic E-state index is 0.448. The molecular formula is C15H24N2O2. The summed E-state index contributed by atoms with van der Waals surface area (Å²) in [7, 11) is 1.81. The minimum Gasteiger partial charge on any atom is -0.468 e. The monoisotopic (exact) mass is 264 g/mol. The molecule has 0 atom stereocenters. The fourth-order valence-electron chi connectivity index (χ4n) is 2.71. The molecule has 0 bridgehead atoms. The van der Waals surface area contributed by atoms with Gasteiger partial charge in [-0.2, -0.15) is 0 Å². The van der Waals surface area contributed by atoms with Crippen LogP contribution in [0.15, 0.2) is 16.7 Å². The maximum atomic E-state index is 5.66. The van der Waals surface area contributed by atoms with Crippen LogP contribution in [0.3, 0.4) is 0 Å². The fraction of sp³-hybridized carbons (Fsp3) is 0.733. The van der Waals surface area contributed by atoms with Crippen molar-refractivity contribution >= 4 is 0 Å². The molecule has 0 spiro atoms. The lowest BCUT2D eigenvalue weighted by Crippen LogP contribution is -2.36. The largest absolute Gasteiger partial charge is 0.468 e. The summed E-state index contributed by atoms with van der Waals surface area (Å²) in [5.41, 5.74) is 1.32. The second-order valence-corrected chi connectivity index (χ2v) is 5.74. The molecule has 2 heterocycles. The molecule has 1 aromatic rings. The summed E-state index contributed by atoms with van der Waals surface area (Å²) in [6, 6.07) is 2.85. The van der Waals surface area contributed by atoms with Crippen LogP contribution in [0.5, 0.6) is 0 Å². The van der Waals surface area contributed by atoms with E-state index in [-0.39, 0.29) is 0 Å². The molecule has 1 aromatic heterocycles. The highest BCUT2D eigenvalue weighted by molar-refractivity contribution is 5.17. The first kappa shape index (κ1) is 13.2. The number of ether oxygens (including phenoxy) is 1.